The lowest BCUT2D eigenvalue weighted by Gasteiger charge is -2.28. The highest BCUT2D eigenvalue weighted by atomic mass is 32.1. The van der Waals surface area contributed by atoms with Gasteiger partial charge in [0.05, 0.1) is 24.5 Å². The van der Waals surface area contributed by atoms with Gasteiger partial charge in [0.1, 0.15) is 9.71 Å². The van der Waals surface area contributed by atoms with Crippen LogP contribution in [0, 0.1) is 0 Å². The van der Waals surface area contributed by atoms with Crippen LogP contribution in [-0.2, 0) is 0 Å². The molecule has 1 aliphatic heterocycles. The largest absolute Gasteiger partial charge is 0.397 e. The van der Waals surface area contributed by atoms with Gasteiger partial charge in [0, 0.05) is 11.9 Å². The molecule has 3 N–H and O–H groups in total. The maximum Gasteiger partial charge on any atom is 0.266 e. The molecule has 6 nitrogen and oxygen atoms in total. The Morgan fingerprint density at radius 3 is 3.10 bits per heavy atom. The van der Waals surface area contributed by atoms with Crippen molar-refractivity contribution in [2.24, 2.45) is 0 Å². The Morgan fingerprint density at radius 2 is 2.33 bits per heavy atom. The molecule has 7 heteroatoms. The second-order valence-corrected chi connectivity index (χ2v) is 6.28. The number of carbonyl (C=O) groups is 1. The molecule has 0 aliphatic carbocycles. The molecule has 3 heterocycles. The summed E-state index contributed by atoms with van der Waals surface area (Å²) in [5.74, 6) is -0.101. The Bertz CT molecular complexity index is 657. The molecule has 0 spiro atoms. The van der Waals surface area contributed by atoms with Gasteiger partial charge in [-0.1, -0.05) is 12.8 Å². The van der Waals surface area contributed by atoms with Gasteiger partial charge in [-0.25, -0.2) is 0 Å². The van der Waals surface area contributed by atoms with Gasteiger partial charge in [-0.2, -0.15) is 5.10 Å². The van der Waals surface area contributed by atoms with Crippen LogP contribution in [0.25, 0.3) is 10.2 Å². The van der Waals surface area contributed by atoms with Gasteiger partial charge in [-0.05, 0) is 18.9 Å². The highest BCUT2D eigenvalue weighted by molar-refractivity contribution is 7.21. The first-order valence-electron chi connectivity index (χ1n) is 7.14. The molecule has 0 radical (unpaired) electrons. The van der Waals surface area contributed by atoms with E-state index in [0.29, 0.717) is 21.9 Å². The van der Waals surface area contributed by atoms with Gasteiger partial charge in [0.15, 0.2) is 0 Å². The molecule has 1 unspecified atom stereocenters. The van der Waals surface area contributed by atoms with Crippen LogP contribution in [0.4, 0.5) is 5.69 Å². The number of anilines is 1. The summed E-state index contributed by atoms with van der Waals surface area (Å²) in [6.45, 7) is 0.666. The Labute approximate surface area is 126 Å². The minimum atomic E-state index is -0.115. The Kier molecular flexibility index (Phi) is 4.03. The van der Waals surface area contributed by atoms with Crippen molar-refractivity contribution in [2.45, 2.75) is 31.7 Å². The monoisotopic (exact) mass is 306 g/mol. The average Bonchev–Trinajstić information content (AvgIpc) is 2.71. The molecule has 0 saturated carbocycles. The second-order valence-electron chi connectivity index (χ2n) is 5.28. The summed E-state index contributed by atoms with van der Waals surface area (Å²) in [4.78, 5) is 15.8. The topological polar surface area (TPSA) is 92.3 Å². The van der Waals surface area contributed by atoms with E-state index in [4.69, 9.17) is 5.73 Å². The molecule has 1 fully saturated rings. The number of aliphatic hydroxyl groups is 1. The van der Waals surface area contributed by atoms with E-state index in [0.717, 1.165) is 31.1 Å². The smallest absolute Gasteiger partial charge is 0.266 e. The van der Waals surface area contributed by atoms with E-state index in [2.05, 4.69) is 10.2 Å². The van der Waals surface area contributed by atoms with Crippen molar-refractivity contribution in [3.8, 4) is 0 Å². The molecular formula is C14H18N4O2S. The molecule has 1 atom stereocenters. The molecule has 1 aliphatic rings. The summed E-state index contributed by atoms with van der Waals surface area (Å²) in [7, 11) is 0. The van der Waals surface area contributed by atoms with Gasteiger partial charge in [0.25, 0.3) is 5.91 Å². The molecular weight excluding hydrogens is 288 g/mol. The van der Waals surface area contributed by atoms with E-state index in [1.807, 2.05) is 0 Å². The van der Waals surface area contributed by atoms with E-state index in [-0.39, 0.29) is 18.6 Å². The number of fused-ring (bicyclic) bond motifs is 1. The summed E-state index contributed by atoms with van der Waals surface area (Å²) in [5, 5.41) is 18.2. The van der Waals surface area contributed by atoms with E-state index >= 15 is 0 Å². The number of likely N-dealkylation sites (tertiary alicyclic amines) is 1. The summed E-state index contributed by atoms with van der Waals surface area (Å²) >= 11 is 1.27. The molecule has 3 rings (SSSR count). The summed E-state index contributed by atoms with van der Waals surface area (Å²) < 4.78 is 0. The number of nitrogen functional groups attached to an aromatic ring is 1. The molecule has 21 heavy (non-hydrogen) atoms. The van der Waals surface area contributed by atoms with Crippen LogP contribution < -0.4 is 5.73 Å². The maximum atomic E-state index is 12.8. The molecule has 1 saturated heterocycles. The highest BCUT2D eigenvalue weighted by Gasteiger charge is 2.28. The fourth-order valence-electron chi connectivity index (χ4n) is 2.80. The zero-order valence-electron chi connectivity index (χ0n) is 11.7. The van der Waals surface area contributed by atoms with E-state index in [9.17, 15) is 9.90 Å². The number of rotatable bonds is 2. The SMILES string of the molecule is Nc1c(C(=O)N2CCCCCC2CO)sc2nnccc12. The zero-order chi connectivity index (χ0) is 14.8. The number of hydrogen-bond donors (Lipinski definition) is 2. The van der Waals surface area contributed by atoms with Crippen LogP contribution in [0.2, 0.25) is 0 Å². The fraction of sp³-hybridized carbons (Fsp3) is 0.500. The van der Waals surface area contributed by atoms with E-state index in [1.54, 1.807) is 17.2 Å². The standard InChI is InChI=1S/C14H18N4O2S/c15-11-10-5-6-16-17-13(10)21-12(11)14(20)18-7-3-1-2-4-9(18)8-19/h5-6,9,19H,1-4,7-8,15H2. The van der Waals surface area contributed by atoms with E-state index < -0.39 is 0 Å². The van der Waals surface area contributed by atoms with Gasteiger partial charge in [-0.3, -0.25) is 4.79 Å². The van der Waals surface area contributed by atoms with Crippen LogP contribution >= 0.6 is 11.3 Å². The Hall–Kier alpha value is -1.73. The number of nitrogens with two attached hydrogens (primary N) is 1. The number of aliphatic hydroxyl groups excluding tert-OH is 1. The molecule has 0 aromatic carbocycles. The number of hydrogen-bond acceptors (Lipinski definition) is 6. The quantitative estimate of drug-likeness (QED) is 0.880. The highest BCUT2D eigenvalue weighted by Crippen LogP contribution is 2.33. The lowest BCUT2D eigenvalue weighted by Crippen LogP contribution is -2.42. The maximum absolute atomic E-state index is 12.8. The van der Waals surface area contributed by atoms with Crippen LogP contribution in [0.15, 0.2) is 12.3 Å². The summed E-state index contributed by atoms with van der Waals surface area (Å²) in [5.41, 5.74) is 6.57. The van der Waals surface area contributed by atoms with Crippen molar-refractivity contribution < 1.29 is 9.90 Å². The van der Waals surface area contributed by atoms with Crippen molar-refractivity contribution in [1.29, 1.82) is 0 Å². The van der Waals surface area contributed by atoms with Gasteiger partial charge >= 0.3 is 0 Å². The molecule has 2 aromatic heterocycles. The lowest BCUT2D eigenvalue weighted by molar-refractivity contribution is 0.0605. The van der Waals surface area contributed by atoms with Crippen molar-refractivity contribution in [1.82, 2.24) is 15.1 Å². The Morgan fingerprint density at radius 1 is 1.48 bits per heavy atom. The van der Waals surface area contributed by atoms with Crippen LogP contribution in [0.3, 0.4) is 0 Å². The molecule has 1 amide bonds. The first-order valence-corrected chi connectivity index (χ1v) is 7.95. The van der Waals surface area contributed by atoms with E-state index in [1.165, 1.54) is 11.3 Å². The Balaban J connectivity index is 1.96. The van der Waals surface area contributed by atoms with Gasteiger partial charge in [-0.15, -0.1) is 16.4 Å². The molecule has 2 aromatic rings. The predicted octanol–water partition coefficient (Wildman–Crippen LogP) is 1.65. The van der Waals surface area contributed by atoms with Crippen molar-refractivity contribution in [3.05, 3.63) is 17.1 Å². The summed E-state index contributed by atoms with van der Waals surface area (Å²) in [6, 6.07) is 1.66. The number of thiophene rings is 1. The van der Waals surface area contributed by atoms with Crippen LogP contribution in [-0.4, -0.2) is 45.3 Å². The fourth-order valence-corrected chi connectivity index (χ4v) is 3.79. The van der Waals surface area contributed by atoms with Crippen molar-refractivity contribution >= 4 is 33.1 Å². The van der Waals surface area contributed by atoms with Crippen LogP contribution in [0.5, 0.6) is 0 Å². The third kappa shape index (κ3) is 2.58. The second kappa shape index (κ2) is 5.95. The number of carbonyl (C=O) groups excluding carboxylic acids is 1. The first kappa shape index (κ1) is 14.2. The number of nitrogens with zero attached hydrogens (tertiary/aromatic N) is 3. The first-order chi connectivity index (χ1) is 10.2. The third-order valence-electron chi connectivity index (χ3n) is 3.96. The average molecular weight is 306 g/mol. The predicted molar refractivity (Wildman–Crippen MR) is 82.2 cm³/mol. The lowest BCUT2D eigenvalue weighted by atomic mass is 10.1. The van der Waals surface area contributed by atoms with Crippen LogP contribution in [0.1, 0.15) is 35.4 Å². The van der Waals surface area contributed by atoms with Gasteiger partial charge in [0.2, 0.25) is 0 Å². The van der Waals surface area contributed by atoms with Crippen molar-refractivity contribution in [2.75, 3.05) is 18.9 Å². The number of aromatic nitrogens is 2. The molecule has 0 bridgehead atoms. The normalized spacial score (nSPS) is 19.7. The molecule has 112 valence electrons. The minimum Gasteiger partial charge on any atom is -0.397 e. The van der Waals surface area contributed by atoms with Crippen molar-refractivity contribution in [3.63, 3.8) is 0 Å². The minimum absolute atomic E-state index is 0.00363. The van der Waals surface area contributed by atoms with Gasteiger partial charge < -0.3 is 15.7 Å². The zero-order valence-corrected chi connectivity index (χ0v) is 12.5. The summed E-state index contributed by atoms with van der Waals surface area (Å²) in [6.07, 6.45) is 5.51. The number of amides is 1. The third-order valence-corrected chi connectivity index (χ3v) is 5.06.